The third kappa shape index (κ3) is 4.15. The Morgan fingerprint density at radius 3 is 2.88 bits per heavy atom. The lowest BCUT2D eigenvalue weighted by atomic mass is 10.0. The Labute approximate surface area is 153 Å². The van der Waals surface area contributed by atoms with E-state index in [9.17, 15) is 18.3 Å². The van der Waals surface area contributed by atoms with Gasteiger partial charge in [-0.15, -0.1) is 0 Å². The van der Waals surface area contributed by atoms with Crippen molar-refractivity contribution in [1.29, 1.82) is 0 Å². The number of fused-ring (bicyclic) bond motifs is 1. The molecule has 0 amide bonds. The van der Waals surface area contributed by atoms with Crippen molar-refractivity contribution in [3.63, 3.8) is 0 Å². The lowest BCUT2D eigenvalue weighted by molar-refractivity contribution is 0.0923. The summed E-state index contributed by atoms with van der Waals surface area (Å²) in [7, 11) is -3.63. The zero-order valence-corrected chi connectivity index (χ0v) is 15.7. The van der Waals surface area contributed by atoms with Crippen molar-refractivity contribution < 1.29 is 13.5 Å². The highest BCUT2D eigenvalue weighted by molar-refractivity contribution is 7.89. The molecule has 1 fully saturated rings. The molecular formula is C18H25N3O4S. The van der Waals surface area contributed by atoms with Crippen LogP contribution in [0, 0.1) is 6.92 Å². The second kappa shape index (κ2) is 7.87. The van der Waals surface area contributed by atoms with Crippen LogP contribution in [-0.4, -0.2) is 55.7 Å². The van der Waals surface area contributed by atoms with Crippen LogP contribution in [0.4, 0.5) is 0 Å². The number of nitrogens with zero attached hydrogens (tertiary/aromatic N) is 1. The van der Waals surface area contributed by atoms with E-state index in [1.807, 2.05) is 0 Å². The van der Waals surface area contributed by atoms with Gasteiger partial charge in [0.1, 0.15) is 0 Å². The Morgan fingerprint density at radius 1 is 1.31 bits per heavy atom. The predicted octanol–water partition coefficient (Wildman–Crippen LogP) is 0.962. The Balaban J connectivity index is 1.72. The first-order chi connectivity index (χ1) is 12.4. The Bertz CT molecular complexity index is 939. The predicted molar refractivity (Wildman–Crippen MR) is 101 cm³/mol. The molecule has 0 spiro atoms. The molecule has 1 saturated heterocycles. The number of nitrogens with one attached hydrogen (secondary N) is 2. The molecule has 2 heterocycles. The van der Waals surface area contributed by atoms with E-state index in [-0.39, 0.29) is 23.1 Å². The summed E-state index contributed by atoms with van der Waals surface area (Å²) in [5.74, 6) is 0. The molecule has 2 aromatic rings. The molecule has 142 valence electrons. The highest BCUT2D eigenvalue weighted by Crippen LogP contribution is 2.20. The molecule has 1 aromatic heterocycles. The van der Waals surface area contributed by atoms with Crippen LogP contribution >= 0.6 is 0 Å². The molecule has 0 saturated carbocycles. The van der Waals surface area contributed by atoms with Gasteiger partial charge in [0, 0.05) is 36.1 Å². The van der Waals surface area contributed by atoms with Gasteiger partial charge in [0.2, 0.25) is 15.6 Å². The third-order valence-electron chi connectivity index (χ3n) is 4.98. The van der Waals surface area contributed by atoms with Crippen molar-refractivity contribution in [3.05, 3.63) is 40.2 Å². The Morgan fingerprint density at radius 2 is 2.12 bits per heavy atom. The van der Waals surface area contributed by atoms with E-state index in [2.05, 4.69) is 14.6 Å². The number of hydrogen-bond acceptors (Lipinski definition) is 5. The van der Waals surface area contributed by atoms with E-state index < -0.39 is 10.0 Å². The lowest BCUT2D eigenvalue weighted by Gasteiger charge is -2.34. The molecule has 26 heavy (non-hydrogen) atoms. The van der Waals surface area contributed by atoms with Crippen LogP contribution in [-0.2, 0) is 10.0 Å². The number of aryl methyl sites for hydroxylation is 1. The average molecular weight is 379 g/mol. The fraction of sp³-hybridized carbons (Fsp3) is 0.500. The van der Waals surface area contributed by atoms with Gasteiger partial charge >= 0.3 is 0 Å². The van der Waals surface area contributed by atoms with Crippen molar-refractivity contribution in [1.82, 2.24) is 14.6 Å². The molecular weight excluding hydrogens is 354 g/mol. The van der Waals surface area contributed by atoms with Crippen LogP contribution < -0.4 is 10.3 Å². The van der Waals surface area contributed by atoms with Crippen LogP contribution in [0.3, 0.4) is 0 Å². The van der Waals surface area contributed by atoms with Crippen molar-refractivity contribution in [2.75, 3.05) is 26.2 Å². The molecule has 8 heteroatoms. The fourth-order valence-corrected chi connectivity index (χ4v) is 4.58. The van der Waals surface area contributed by atoms with E-state index in [1.165, 1.54) is 12.1 Å². The minimum atomic E-state index is -3.63. The normalized spacial score (nSPS) is 19.1. The largest absolute Gasteiger partial charge is 0.395 e. The molecule has 3 N–H and O–H groups in total. The van der Waals surface area contributed by atoms with Gasteiger partial charge in [0.25, 0.3) is 0 Å². The summed E-state index contributed by atoms with van der Waals surface area (Å²) in [6, 6.07) is 6.27. The molecule has 1 atom stereocenters. The molecule has 0 radical (unpaired) electrons. The summed E-state index contributed by atoms with van der Waals surface area (Å²) in [5.41, 5.74) is 1.15. The molecule has 1 aliphatic heterocycles. The Hall–Kier alpha value is -1.74. The molecule has 1 aliphatic rings. The van der Waals surface area contributed by atoms with E-state index in [0.29, 0.717) is 24.0 Å². The highest BCUT2D eigenvalue weighted by Gasteiger charge is 2.22. The van der Waals surface area contributed by atoms with Crippen LogP contribution in [0.5, 0.6) is 0 Å². The number of aliphatic hydroxyl groups is 1. The number of rotatable bonds is 6. The maximum Gasteiger partial charge on any atom is 0.248 e. The fourth-order valence-electron chi connectivity index (χ4n) is 3.54. The number of aromatic amines is 1. The minimum Gasteiger partial charge on any atom is -0.395 e. The van der Waals surface area contributed by atoms with E-state index in [4.69, 9.17) is 0 Å². The number of H-pyrrole nitrogens is 1. The van der Waals surface area contributed by atoms with Gasteiger partial charge in [0.05, 0.1) is 11.5 Å². The summed E-state index contributed by atoms with van der Waals surface area (Å²) >= 11 is 0. The smallest absolute Gasteiger partial charge is 0.248 e. The maximum absolute atomic E-state index is 12.6. The van der Waals surface area contributed by atoms with Gasteiger partial charge in [-0.25, -0.2) is 13.1 Å². The molecule has 7 nitrogen and oxygen atoms in total. The van der Waals surface area contributed by atoms with Gasteiger partial charge < -0.3 is 10.1 Å². The zero-order chi connectivity index (χ0) is 18.7. The number of sulfonamides is 1. The number of likely N-dealkylation sites (tertiary alicyclic amines) is 1. The second-order valence-electron chi connectivity index (χ2n) is 6.79. The van der Waals surface area contributed by atoms with Crippen molar-refractivity contribution in [2.45, 2.75) is 37.1 Å². The molecule has 1 unspecified atom stereocenters. The van der Waals surface area contributed by atoms with Crippen LogP contribution in [0.2, 0.25) is 0 Å². The number of pyridine rings is 1. The van der Waals surface area contributed by atoms with Crippen LogP contribution in [0.15, 0.2) is 34.0 Å². The minimum absolute atomic E-state index is 0.106. The summed E-state index contributed by atoms with van der Waals surface area (Å²) in [6.07, 6.45) is 3.13. The van der Waals surface area contributed by atoms with Crippen molar-refractivity contribution >= 4 is 20.9 Å². The van der Waals surface area contributed by atoms with Gasteiger partial charge in [0.15, 0.2) is 0 Å². The SMILES string of the molecule is Cc1cc(=O)[nH]c2ccc(S(=O)(=O)NCCN3CCCCC3CO)cc12. The number of hydrogen-bond donors (Lipinski definition) is 3. The molecule has 0 bridgehead atoms. The van der Waals surface area contributed by atoms with Crippen LogP contribution in [0.25, 0.3) is 10.9 Å². The third-order valence-corrected chi connectivity index (χ3v) is 6.44. The average Bonchev–Trinajstić information content (AvgIpc) is 2.61. The first-order valence-corrected chi connectivity index (χ1v) is 10.4. The van der Waals surface area contributed by atoms with E-state index >= 15 is 0 Å². The van der Waals surface area contributed by atoms with Crippen molar-refractivity contribution in [2.24, 2.45) is 0 Å². The molecule has 0 aliphatic carbocycles. The number of aliphatic hydroxyl groups excluding tert-OH is 1. The van der Waals surface area contributed by atoms with Gasteiger partial charge in [-0.3, -0.25) is 9.69 Å². The van der Waals surface area contributed by atoms with E-state index in [0.717, 1.165) is 31.4 Å². The lowest BCUT2D eigenvalue weighted by Crippen LogP contribution is -2.45. The highest BCUT2D eigenvalue weighted by atomic mass is 32.2. The maximum atomic E-state index is 12.6. The number of aromatic nitrogens is 1. The van der Waals surface area contributed by atoms with E-state index in [1.54, 1.807) is 19.1 Å². The second-order valence-corrected chi connectivity index (χ2v) is 8.56. The van der Waals surface area contributed by atoms with Crippen LogP contribution in [0.1, 0.15) is 24.8 Å². The summed E-state index contributed by atoms with van der Waals surface area (Å²) in [5, 5.41) is 10.2. The zero-order valence-electron chi connectivity index (χ0n) is 14.9. The Kier molecular flexibility index (Phi) is 5.76. The molecule has 3 rings (SSSR count). The topological polar surface area (TPSA) is 102 Å². The van der Waals surface area contributed by atoms with Gasteiger partial charge in [-0.1, -0.05) is 6.42 Å². The van der Waals surface area contributed by atoms with Gasteiger partial charge in [-0.05, 0) is 50.1 Å². The summed E-state index contributed by atoms with van der Waals surface area (Å²) < 4.78 is 27.8. The summed E-state index contributed by atoms with van der Waals surface area (Å²) in [4.78, 5) is 16.5. The standard InChI is InChI=1S/C18H25N3O4S/c1-13-10-18(23)20-17-6-5-15(11-16(13)17)26(24,25)19-7-9-21-8-3-2-4-14(21)12-22/h5-6,10-11,14,19,22H,2-4,7-9,12H2,1H3,(H,20,23). The first kappa shape index (κ1) is 19.0. The van der Waals surface area contributed by atoms with Gasteiger partial charge in [-0.2, -0.15) is 0 Å². The summed E-state index contributed by atoms with van der Waals surface area (Å²) in [6.45, 7) is 3.64. The quantitative estimate of drug-likeness (QED) is 0.694. The molecule has 1 aromatic carbocycles. The number of benzene rings is 1. The first-order valence-electron chi connectivity index (χ1n) is 8.89. The monoisotopic (exact) mass is 379 g/mol. The van der Waals surface area contributed by atoms with Crippen molar-refractivity contribution in [3.8, 4) is 0 Å². The number of piperidine rings is 1.